The average molecular weight is 1250 g/mol. The average Bonchev–Trinajstić information content (AvgIpc) is 0.763. The predicted octanol–water partition coefficient (Wildman–Crippen LogP) is 24.0. The molecule has 0 radical (unpaired) electrons. The van der Waals surface area contributed by atoms with Crippen molar-refractivity contribution in [3.8, 4) is 55.6 Å². The van der Waals surface area contributed by atoms with Crippen molar-refractivity contribution in [1.82, 2.24) is 0 Å². The molecule has 2 nitrogen and oxygen atoms in total. The molecule has 0 aliphatic heterocycles. The van der Waals surface area contributed by atoms with Crippen molar-refractivity contribution in [3.63, 3.8) is 0 Å². The Hall–Kier alpha value is -11.0. The van der Waals surface area contributed by atoms with Crippen molar-refractivity contribution < 1.29 is 10.0 Å². The van der Waals surface area contributed by atoms with Crippen LogP contribution in [0.3, 0.4) is 0 Å². The van der Waals surface area contributed by atoms with Gasteiger partial charge in [0.15, 0.2) is 0 Å². The Balaban J connectivity index is 0.000000125. The fraction of sp³-hybridized carbons (Fsp3) is 0.0112. The van der Waals surface area contributed by atoms with Crippen molar-refractivity contribution in [2.24, 2.45) is 0 Å². The van der Waals surface area contributed by atoms with Crippen molar-refractivity contribution in [2.45, 2.75) is 7.43 Å². The van der Waals surface area contributed by atoms with Gasteiger partial charge in [0.2, 0.25) is 0 Å². The van der Waals surface area contributed by atoms with Gasteiger partial charge < -0.3 is 10.0 Å². The quantitative estimate of drug-likeness (QED) is 0.0990. The second-order valence-corrected chi connectivity index (χ2v) is 24.6. The highest BCUT2D eigenvalue weighted by Gasteiger charge is 2.23. The maximum atomic E-state index is 10.1. The third kappa shape index (κ3) is 10.7. The Labute approximate surface area is 549 Å². The van der Waals surface area contributed by atoms with Gasteiger partial charge in [-0.1, -0.05) is 333 Å². The minimum atomic E-state index is -1.53. The SMILES string of the molecule is Brc1cccc(-c2ccc3ccc4ccccc4c3c2)c1.C.OB(O)c1c2ccccc2c(-c2cccc3ccccc23)c2ccccc12.c1cc(-c2ccc3ccc4ccccc4c3c2)cc(-c2c3ccccc3c(-c3cccc4ccccc34)c3ccccc23)c1. The highest BCUT2D eigenvalue weighted by atomic mass is 79.9. The van der Waals surface area contributed by atoms with E-state index in [1.165, 1.54) is 131 Å². The maximum Gasteiger partial charge on any atom is 0.489 e. The molecule has 0 fully saturated rings. The molecule has 0 heterocycles. The summed E-state index contributed by atoms with van der Waals surface area (Å²) in [6.45, 7) is 0. The number of benzene rings is 18. The molecule has 0 atom stereocenters. The first-order valence-corrected chi connectivity index (χ1v) is 32.1. The number of hydrogen-bond donors (Lipinski definition) is 2. The van der Waals surface area contributed by atoms with Gasteiger partial charge >= 0.3 is 7.12 Å². The molecule has 18 aromatic rings. The first-order valence-electron chi connectivity index (χ1n) is 31.3. The van der Waals surface area contributed by atoms with Gasteiger partial charge in [-0.3, -0.25) is 0 Å². The Bertz CT molecular complexity index is 5790. The molecule has 2 N–H and O–H groups in total. The maximum absolute atomic E-state index is 10.1. The van der Waals surface area contributed by atoms with Gasteiger partial charge in [-0.25, -0.2) is 0 Å². The largest absolute Gasteiger partial charge is 0.489 e. The zero-order valence-corrected chi connectivity index (χ0v) is 51.8. The number of rotatable bonds is 6. The summed E-state index contributed by atoms with van der Waals surface area (Å²) in [6.07, 6.45) is 0. The Morgan fingerprint density at radius 2 is 0.484 bits per heavy atom. The van der Waals surface area contributed by atoms with E-state index in [1.807, 2.05) is 42.5 Å². The molecule has 18 aromatic carbocycles. The van der Waals surface area contributed by atoms with Crippen LogP contribution in [0, 0.1) is 0 Å². The van der Waals surface area contributed by atoms with Crippen LogP contribution in [-0.4, -0.2) is 17.2 Å². The van der Waals surface area contributed by atoms with E-state index in [0.29, 0.717) is 5.46 Å². The lowest BCUT2D eigenvalue weighted by Gasteiger charge is -2.19. The molecule has 4 heteroatoms. The highest BCUT2D eigenvalue weighted by molar-refractivity contribution is 9.10. The zero-order valence-electron chi connectivity index (χ0n) is 50.2. The van der Waals surface area contributed by atoms with Crippen LogP contribution in [0.5, 0.6) is 0 Å². The summed E-state index contributed by atoms with van der Waals surface area (Å²) in [4.78, 5) is 0. The third-order valence-electron chi connectivity index (χ3n) is 18.4. The Morgan fingerprint density at radius 3 is 0.903 bits per heavy atom. The first-order chi connectivity index (χ1) is 45.4. The van der Waals surface area contributed by atoms with Gasteiger partial charge in [0.05, 0.1) is 0 Å². The summed E-state index contributed by atoms with van der Waals surface area (Å²) in [5, 5.41) is 44.4. The number of hydrogen-bond acceptors (Lipinski definition) is 2. The predicted molar refractivity (Wildman–Crippen MR) is 406 cm³/mol. The van der Waals surface area contributed by atoms with Gasteiger partial charge in [-0.2, -0.15) is 0 Å². The third-order valence-corrected chi connectivity index (χ3v) is 18.9. The van der Waals surface area contributed by atoms with E-state index in [0.717, 1.165) is 37.1 Å². The fourth-order valence-electron chi connectivity index (χ4n) is 14.2. The minimum absolute atomic E-state index is 0. The van der Waals surface area contributed by atoms with Crippen LogP contribution >= 0.6 is 15.9 Å². The van der Waals surface area contributed by atoms with E-state index in [2.05, 4.69) is 313 Å². The summed E-state index contributed by atoms with van der Waals surface area (Å²) in [5.41, 5.74) is 12.9. The van der Waals surface area contributed by atoms with Crippen LogP contribution in [0.4, 0.5) is 0 Å². The molecule has 18 rings (SSSR count). The lowest BCUT2D eigenvalue weighted by atomic mass is 9.72. The smallest absolute Gasteiger partial charge is 0.423 e. The lowest BCUT2D eigenvalue weighted by molar-refractivity contribution is 0.426. The van der Waals surface area contributed by atoms with Crippen LogP contribution in [0.2, 0.25) is 0 Å². The van der Waals surface area contributed by atoms with Crippen LogP contribution in [0.25, 0.3) is 163 Å². The molecule has 440 valence electrons. The fourth-order valence-corrected chi connectivity index (χ4v) is 14.6. The van der Waals surface area contributed by atoms with E-state index in [1.54, 1.807) is 0 Å². The lowest BCUT2D eigenvalue weighted by Crippen LogP contribution is -2.31. The highest BCUT2D eigenvalue weighted by Crippen LogP contribution is 2.47. The Morgan fingerprint density at radius 1 is 0.204 bits per heavy atom. The van der Waals surface area contributed by atoms with Crippen LogP contribution in [0.1, 0.15) is 7.43 Å². The molecular weight excluding hydrogens is 1190 g/mol. The molecule has 0 aliphatic carbocycles. The molecule has 0 unspecified atom stereocenters. The van der Waals surface area contributed by atoms with Crippen molar-refractivity contribution in [2.75, 3.05) is 0 Å². The number of fused-ring (bicyclic) bond motifs is 12. The molecule has 0 saturated heterocycles. The van der Waals surface area contributed by atoms with E-state index >= 15 is 0 Å². The normalized spacial score (nSPS) is 11.3. The minimum Gasteiger partial charge on any atom is -0.423 e. The second-order valence-electron chi connectivity index (χ2n) is 23.7. The summed E-state index contributed by atoms with van der Waals surface area (Å²) in [6, 6.07) is 121. The molecule has 0 amide bonds. The second kappa shape index (κ2) is 25.0. The van der Waals surface area contributed by atoms with E-state index in [-0.39, 0.29) is 7.43 Å². The van der Waals surface area contributed by atoms with Crippen molar-refractivity contribution in [3.05, 3.63) is 344 Å². The van der Waals surface area contributed by atoms with Crippen LogP contribution in [-0.2, 0) is 0 Å². The van der Waals surface area contributed by atoms with Gasteiger partial charge in [0.25, 0.3) is 0 Å². The van der Waals surface area contributed by atoms with Gasteiger partial charge in [0, 0.05) is 4.47 Å². The Kier molecular flexibility index (Phi) is 15.7. The summed E-state index contributed by atoms with van der Waals surface area (Å²) >= 11 is 3.55. The van der Waals surface area contributed by atoms with Crippen molar-refractivity contribution in [1.29, 1.82) is 0 Å². The topological polar surface area (TPSA) is 40.5 Å². The first kappa shape index (κ1) is 58.4. The van der Waals surface area contributed by atoms with Gasteiger partial charge in [-0.05, 0) is 199 Å². The zero-order chi connectivity index (χ0) is 61.7. The molecule has 0 bridgehead atoms. The van der Waals surface area contributed by atoms with E-state index in [9.17, 15) is 10.0 Å². The van der Waals surface area contributed by atoms with Gasteiger partial charge in [-0.15, -0.1) is 0 Å². The standard InChI is InChI=1S/C44H28.C24H17BO2.C20H13Br.CH4/c1-3-16-35-29(11-1)13-10-22-37(35)44-40-20-7-5-18-38(40)43(39-19-6-8-21-41(39)44)34-15-9-14-32(27-34)33-26-25-31-24-23-30-12-2-4-17-36(30)42(31)28-33;26-25(27)24-21-13-5-3-11-19(21)23(20-12-4-6-14-22(20)24)18-15-7-9-16-8-1-2-10-17(16)18;21-18-6-3-5-16(12-18)17-11-10-15-9-8-14-4-1-2-7-19(14)20(15)13-17;/h1-28H;1-15,26-27H;1-13H;1H4. The monoisotopic (exact) mass is 1250 g/mol. The molecular formula is C89H62BBrO2. The molecule has 93 heavy (non-hydrogen) atoms. The molecule has 0 aliphatic rings. The van der Waals surface area contributed by atoms with E-state index < -0.39 is 7.12 Å². The molecule has 0 aromatic heterocycles. The van der Waals surface area contributed by atoms with Crippen molar-refractivity contribution >= 4 is 136 Å². The summed E-state index contributed by atoms with van der Waals surface area (Å²) in [7, 11) is -1.53. The summed E-state index contributed by atoms with van der Waals surface area (Å²) < 4.78 is 1.11. The molecule has 0 spiro atoms. The van der Waals surface area contributed by atoms with E-state index in [4.69, 9.17) is 0 Å². The molecule has 0 saturated carbocycles. The number of halogens is 1. The van der Waals surface area contributed by atoms with Crippen LogP contribution < -0.4 is 5.46 Å². The van der Waals surface area contributed by atoms with Gasteiger partial charge in [0.1, 0.15) is 0 Å². The van der Waals surface area contributed by atoms with Crippen LogP contribution in [0.15, 0.2) is 344 Å². The summed E-state index contributed by atoms with van der Waals surface area (Å²) in [5.74, 6) is 0.